The summed E-state index contributed by atoms with van der Waals surface area (Å²) in [6, 6.07) is 86.7. The highest BCUT2D eigenvalue weighted by Gasteiger charge is 2.58. The SMILES string of the molecule is CCSC1OC(COC2OC(COC3OC(COCc4ccccc4)C(OCc4ccccc4)C(OCc4ccccc4)C3OCc3ccccc3)C(OC(=O)c3ccccc3)C(OC(=O)c3ccccc3)C2OC(=O)c2ccccc2)C(OC(=O)c2ccccc2)C(OC(=O)c2ccccc2)C1OC(=O)c1ccccc1. The predicted octanol–water partition coefficient (Wildman–Crippen LogP) is 14.3. The Morgan fingerprint density at radius 1 is 0.259 bits per heavy atom. The monoisotopic (exact) mass is 1530 g/mol. The largest absolute Gasteiger partial charge is 0.452 e. The van der Waals surface area contributed by atoms with Crippen LogP contribution in [-0.4, -0.2) is 153 Å². The van der Waals surface area contributed by atoms with Crippen LogP contribution in [0.1, 0.15) is 91.3 Å². The van der Waals surface area contributed by atoms with Crippen molar-refractivity contribution in [2.45, 2.75) is 125 Å². The molecule has 15 unspecified atom stereocenters. The van der Waals surface area contributed by atoms with Gasteiger partial charge in [-0.05, 0) is 101 Å². The first-order valence-corrected chi connectivity index (χ1v) is 38.0. The summed E-state index contributed by atoms with van der Waals surface area (Å²) in [5.41, 5.74) is 2.75. The number of carbonyl (C=O) groups is 6. The van der Waals surface area contributed by atoms with E-state index in [0.29, 0.717) is 5.75 Å². The van der Waals surface area contributed by atoms with Crippen LogP contribution in [0.25, 0.3) is 0 Å². The highest BCUT2D eigenvalue weighted by Crippen LogP contribution is 2.39. The third kappa shape index (κ3) is 21.4. The fourth-order valence-electron chi connectivity index (χ4n) is 13.1. The molecule has 3 aliphatic rings. The zero-order valence-electron chi connectivity index (χ0n) is 61.2. The fraction of sp³-hybridized carbons (Fsp3) is 0.267. The van der Waals surface area contributed by atoms with Gasteiger partial charge >= 0.3 is 35.8 Å². The van der Waals surface area contributed by atoms with E-state index in [9.17, 15) is 14.4 Å². The third-order valence-corrected chi connectivity index (χ3v) is 19.8. The zero-order chi connectivity index (χ0) is 77.2. The van der Waals surface area contributed by atoms with Gasteiger partial charge in [0.15, 0.2) is 49.2 Å². The van der Waals surface area contributed by atoms with Gasteiger partial charge in [0.1, 0.15) is 42.1 Å². The Balaban J connectivity index is 0.924. The first-order valence-electron chi connectivity index (χ1n) is 37.0. The molecule has 15 atom stereocenters. The van der Waals surface area contributed by atoms with Crippen molar-refractivity contribution in [3.05, 3.63) is 359 Å². The normalized spacial score (nSPS) is 23.4. The minimum atomic E-state index is -1.90. The van der Waals surface area contributed by atoms with Crippen LogP contribution in [0, 0.1) is 0 Å². The van der Waals surface area contributed by atoms with Crippen molar-refractivity contribution in [2.75, 3.05) is 25.6 Å². The van der Waals surface area contributed by atoms with Crippen LogP contribution in [0.3, 0.4) is 0 Å². The highest BCUT2D eigenvalue weighted by molar-refractivity contribution is 7.99. The lowest BCUT2D eigenvalue weighted by atomic mass is 9.96. The van der Waals surface area contributed by atoms with Crippen molar-refractivity contribution < 1.29 is 99.8 Å². The summed E-state index contributed by atoms with van der Waals surface area (Å²) in [6.07, 6.45) is -20.8. The van der Waals surface area contributed by atoms with Gasteiger partial charge in [-0.3, -0.25) is 0 Å². The molecule has 0 saturated carbocycles. The molecule has 0 spiro atoms. The van der Waals surface area contributed by atoms with Gasteiger partial charge in [0.05, 0.1) is 79.6 Å². The first kappa shape index (κ1) is 79.1. The maximum atomic E-state index is 15.1. The van der Waals surface area contributed by atoms with Crippen molar-refractivity contribution in [3.8, 4) is 0 Å². The molecule has 0 bridgehead atoms. The molecule has 0 aromatic heterocycles. The second-order valence-electron chi connectivity index (χ2n) is 26.5. The van der Waals surface area contributed by atoms with E-state index in [1.54, 1.807) is 121 Å². The molecule has 0 N–H and O–H groups in total. The molecule has 10 aromatic rings. The third-order valence-electron chi connectivity index (χ3n) is 18.7. The molecule has 3 heterocycles. The van der Waals surface area contributed by atoms with Crippen LogP contribution in [0.15, 0.2) is 303 Å². The first-order chi connectivity index (χ1) is 55.0. The molecule has 3 saturated heterocycles. The summed E-state index contributed by atoms with van der Waals surface area (Å²) in [6.45, 7) is 0.894. The molecule has 21 nitrogen and oxygen atoms in total. The van der Waals surface area contributed by atoms with Gasteiger partial charge in [0.25, 0.3) is 0 Å². The minimum absolute atomic E-state index is 0.0185. The molecule has 576 valence electrons. The van der Waals surface area contributed by atoms with Crippen molar-refractivity contribution in [1.29, 1.82) is 0 Å². The maximum Gasteiger partial charge on any atom is 0.338 e. The molecule has 112 heavy (non-hydrogen) atoms. The fourth-order valence-corrected chi connectivity index (χ4v) is 14.1. The molecule has 0 amide bonds. The summed E-state index contributed by atoms with van der Waals surface area (Å²) in [7, 11) is 0. The second kappa shape index (κ2) is 40.3. The number of ether oxygens (including phenoxy) is 15. The van der Waals surface area contributed by atoms with E-state index in [4.69, 9.17) is 71.1 Å². The molecule has 22 heteroatoms. The van der Waals surface area contributed by atoms with E-state index in [0.717, 1.165) is 22.3 Å². The summed E-state index contributed by atoms with van der Waals surface area (Å²) in [5.74, 6) is -5.04. The van der Waals surface area contributed by atoms with Crippen molar-refractivity contribution in [2.24, 2.45) is 0 Å². The smallest absolute Gasteiger partial charge is 0.338 e. The summed E-state index contributed by atoms with van der Waals surface area (Å²) in [4.78, 5) is 89.0. The average molecular weight is 1530 g/mol. The molecule has 10 aromatic carbocycles. The van der Waals surface area contributed by atoms with Crippen molar-refractivity contribution in [1.82, 2.24) is 0 Å². The molecule has 13 rings (SSSR count). The number of thioether (sulfide) groups is 1. The average Bonchev–Trinajstić information content (AvgIpc) is 0.883. The number of hydrogen-bond donors (Lipinski definition) is 0. The lowest BCUT2D eigenvalue weighted by Gasteiger charge is -2.48. The molecule has 0 aliphatic carbocycles. The maximum absolute atomic E-state index is 15.1. The lowest BCUT2D eigenvalue weighted by molar-refractivity contribution is -0.346. The standard InChI is InChI=1S/C90H84O21S/c1-2-112-90-81(111-87(96)69-51-31-12-32-52-69)78(109-85(94)67-47-27-10-28-48-67)75(107-83(92)65-43-23-8-24-44-65)72(105-90)59-102-89-80(110-86(95)68-49-29-11-30-50-68)77(108-84(93)66-45-25-9-26-46-66)74(106-82(91)64-41-21-7-22-42-64)71(104-89)58-101-88-79(100-56-63-39-19-6-20-40-63)76(99-55-62-37-17-5-18-38-62)73(98-54-61-35-15-4-16-36-61)70(103-88)57-97-53-60-33-13-3-14-34-60/h3-52,70-81,88-90H,2,53-59H2,1H3. The van der Waals surface area contributed by atoms with Crippen LogP contribution in [0.2, 0.25) is 0 Å². The van der Waals surface area contributed by atoms with Gasteiger partial charge in [-0.15, -0.1) is 11.8 Å². The van der Waals surface area contributed by atoms with Gasteiger partial charge in [-0.2, -0.15) is 0 Å². The zero-order valence-corrected chi connectivity index (χ0v) is 62.0. The summed E-state index contributed by atoms with van der Waals surface area (Å²) in [5, 5.41) is 0. The van der Waals surface area contributed by atoms with Gasteiger partial charge in [0.2, 0.25) is 0 Å². The molecular weight excluding hydrogens is 1450 g/mol. The van der Waals surface area contributed by atoms with E-state index >= 15 is 14.4 Å². The highest BCUT2D eigenvalue weighted by atomic mass is 32.2. The van der Waals surface area contributed by atoms with Crippen LogP contribution in [-0.2, 0) is 97.5 Å². The van der Waals surface area contributed by atoms with Gasteiger partial charge in [-0.25, -0.2) is 28.8 Å². The Bertz CT molecular complexity index is 4570. The second-order valence-corrected chi connectivity index (χ2v) is 27.8. The lowest BCUT2D eigenvalue weighted by Crippen LogP contribution is -2.65. The Morgan fingerprint density at radius 2 is 0.518 bits per heavy atom. The van der Waals surface area contributed by atoms with Crippen LogP contribution in [0.5, 0.6) is 0 Å². The number of hydrogen-bond acceptors (Lipinski definition) is 22. The Hall–Kier alpha value is -11.0. The van der Waals surface area contributed by atoms with Crippen molar-refractivity contribution in [3.63, 3.8) is 0 Å². The minimum Gasteiger partial charge on any atom is -0.452 e. The molecule has 0 radical (unpaired) electrons. The molecule has 3 aliphatic heterocycles. The van der Waals surface area contributed by atoms with Gasteiger partial charge in [-0.1, -0.05) is 237 Å². The van der Waals surface area contributed by atoms with Crippen LogP contribution in [0.4, 0.5) is 0 Å². The van der Waals surface area contributed by atoms with E-state index in [2.05, 4.69) is 0 Å². The number of esters is 6. The number of carbonyl (C=O) groups excluding carboxylic acids is 6. The van der Waals surface area contributed by atoms with E-state index in [-0.39, 0.29) is 66.4 Å². The van der Waals surface area contributed by atoms with Gasteiger partial charge in [0, 0.05) is 0 Å². The quantitative estimate of drug-likeness (QED) is 0.0274. The Labute approximate surface area is 653 Å². The van der Waals surface area contributed by atoms with E-state index < -0.39 is 140 Å². The van der Waals surface area contributed by atoms with Crippen LogP contribution < -0.4 is 0 Å². The molecular formula is C90H84O21S. The van der Waals surface area contributed by atoms with E-state index in [1.165, 1.54) is 72.4 Å². The number of rotatable bonds is 33. The van der Waals surface area contributed by atoms with E-state index in [1.807, 2.05) is 128 Å². The van der Waals surface area contributed by atoms with Crippen LogP contribution >= 0.6 is 11.8 Å². The topological polar surface area (TPSA) is 241 Å². The Kier molecular flexibility index (Phi) is 28.5. The summed E-state index contributed by atoms with van der Waals surface area (Å²) < 4.78 is 102. The summed E-state index contributed by atoms with van der Waals surface area (Å²) >= 11 is 1.20. The number of benzene rings is 10. The van der Waals surface area contributed by atoms with Gasteiger partial charge < -0.3 is 71.1 Å². The van der Waals surface area contributed by atoms with Crippen molar-refractivity contribution >= 4 is 47.6 Å². The predicted molar refractivity (Wildman–Crippen MR) is 411 cm³/mol. The molecule has 3 fully saturated rings. The Morgan fingerprint density at radius 3 is 0.866 bits per heavy atom.